The lowest BCUT2D eigenvalue weighted by Crippen LogP contribution is -2.07. The molecule has 0 aliphatic heterocycles. The van der Waals surface area contributed by atoms with E-state index < -0.39 is 0 Å². The van der Waals surface area contributed by atoms with Gasteiger partial charge in [-0.2, -0.15) is 0 Å². The van der Waals surface area contributed by atoms with Crippen LogP contribution >= 0.6 is 0 Å². The summed E-state index contributed by atoms with van der Waals surface area (Å²) >= 11 is 0. The zero-order chi connectivity index (χ0) is 7.02. The van der Waals surface area contributed by atoms with Gasteiger partial charge in [0, 0.05) is 0 Å². The monoisotopic (exact) mass is 124 g/mol. The Hall–Kier alpha value is -0.260. The van der Waals surface area contributed by atoms with Gasteiger partial charge in [0.25, 0.3) is 0 Å². The Morgan fingerprint density at radius 3 is 1.89 bits per heavy atom. The molecule has 0 saturated heterocycles. The Balaban J connectivity index is 2.70. The van der Waals surface area contributed by atoms with Gasteiger partial charge in [0.1, 0.15) is 0 Å². The van der Waals surface area contributed by atoms with Crippen molar-refractivity contribution in [2.45, 2.75) is 27.7 Å². The molecular weight excluding hydrogens is 108 g/mol. The van der Waals surface area contributed by atoms with Gasteiger partial charge in [0.15, 0.2) is 0 Å². The molecule has 0 heteroatoms. The standard InChI is InChI=1S/C9H16/c1-6-5-7(2)9(4)8(6)3/h5-6,8-9H,1-4H3. The maximum Gasteiger partial charge on any atom is -0.0203 e. The lowest BCUT2D eigenvalue weighted by Gasteiger charge is -2.14. The number of rotatable bonds is 0. The third kappa shape index (κ3) is 1.03. The maximum absolute atomic E-state index is 2.40. The van der Waals surface area contributed by atoms with Crippen molar-refractivity contribution in [3.63, 3.8) is 0 Å². The molecule has 0 aromatic carbocycles. The van der Waals surface area contributed by atoms with Gasteiger partial charge < -0.3 is 0 Å². The first-order chi connectivity index (χ1) is 4.13. The highest BCUT2D eigenvalue weighted by Gasteiger charge is 2.24. The minimum atomic E-state index is 0.806. The summed E-state index contributed by atoms with van der Waals surface area (Å²) in [4.78, 5) is 0. The van der Waals surface area contributed by atoms with Gasteiger partial charge in [0.2, 0.25) is 0 Å². The predicted octanol–water partition coefficient (Wildman–Crippen LogP) is 2.85. The van der Waals surface area contributed by atoms with Crippen LogP contribution in [0.15, 0.2) is 11.6 Å². The second kappa shape index (κ2) is 2.17. The van der Waals surface area contributed by atoms with Crippen molar-refractivity contribution in [2.24, 2.45) is 17.8 Å². The molecule has 0 N–H and O–H groups in total. The average molecular weight is 124 g/mol. The predicted molar refractivity (Wildman–Crippen MR) is 41.2 cm³/mol. The van der Waals surface area contributed by atoms with Crippen LogP contribution in [0, 0.1) is 17.8 Å². The highest BCUT2D eigenvalue weighted by atomic mass is 14.3. The van der Waals surface area contributed by atoms with E-state index in [1.165, 1.54) is 0 Å². The third-order valence-corrected chi connectivity index (χ3v) is 2.86. The van der Waals surface area contributed by atoms with Crippen LogP contribution in [-0.2, 0) is 0 Å². The number of hydrogen-bond acceptors (Lipinski definition) is 0. The van der Waals surface area contributed by atoms with Crippen LogP contribution in [0.5, 0.6) is 0 Å². The molecule has 1 rings (SSSR count). The molecule has 0 amide bonds. The molecule has 0 fully saturated rings. The Morgan fingerprint density at radius 1 is 1.22 bits per heavy atom. The quantitative estimate of drug-likeness (QED) is 0.435. The number of allylic oxidation sites excluding steroid dienone is 2. The van der Waals surface area contributed by atoms with Gasteiger partial charge >= 0.3 is 0 Å². The molecule has 1 aliphatic rings. The fraction of sp³-hybridized carbons (Fsp3) is 0.778. The van der Waals surface area contributed by atoms with Crippen molar-refractivity contribution >= 4 is 0 Å². The van der Waals surface area contributed by atoms with Crippen LogP contribution in [0.4, 0.5) is 0 Å². The Morgan fingerprint density at radius 2 is 1.78 bits per heavy atom. The first-order valence-corrected chi connectivity index (χ1v) is 3.81. The molecule has 0 saturated carbocycles. The molecule has 0 radical (unpaired) electrons. The summed E-state index contributed by atoms with van der Waals surface area (Å²) in [7, 11) is 0. The molecule has 3 atom stereocenters. The highest BCUT2D eigenvalue weighted by Crippen LogP contribution is 2.34. The van der Waals surface area contributed by atoms with Crippen molar-refractivity contribution in [1.29, 1.82) is 0 Å². The normalized spacial score (nSPS) is 43.1. The van der Waals surface area contributed by atoms with E-state index in [4.69, 9.17) is 0 Å². The first kappa shape index (κ1) is 6.85. The highest BCUT2D eigenvalue weighted by molar-refractivity contribution is 5.13. The van der Waals surface area contributed by atoms with Gasteiger partial charge in [-0.15, -0.1) is 0 Å². The van der Waals surface area contributed by atoms with E-state index in [0.29, 0.717) is 0 Å². The fourth-order valence-corrected chi connectivity index (χ4v) is 1.59. The van der Waals surface area contributed by atoms with Gasteiger partial charge in [-0.05, 0) is 24.7 Å². The zero-order valence-electron chi connectivity index (χ0n) is 6.81. The van der Waals surface area contributed by atoms with Crippen LogP contribution in [0.3, 0.4) is 0 Å². The van der Waals surface area contributed by atoms with Crippen LogP contribution in [0.2, 0.25) is 0 Å². The molecular formula is C9H16. The van der Waals surface area contributed by atoms with Crippen molar-refractivity contribution in [3.8, 4) is 0 Å². The molecule has 0 nitrogen and oxygen atoms in total. The van der Waals surface area contributed by atoms with Crippen molar-refractivity contribution in [1.82, 2.24) is 0 Å². The van der Waals surface area contributed by atoms with Gasteiger partial charge in [-0.25, -0.2) is 0 Å². The fourth-order valence-electron chi connectivity index (χ4n) is 1.59. The molecule has 1 aliphatic carbocycles. The third-order valence-electron chi connectivity index (χ3n) is 2.86. The molecule has 3 unspecified atom stereocenters. The van der Waals surface area contributed by atoms with Gasteiger partial charge in [-0.3, -0.25) is 0 Å². The van der Waals surface area contributed by atoms with E-state index in [9.17, 15) is 0 Å². The Bertz CT molecular complexity index is 133. The SMILES string of the molecule is CC1=CC(C)C(C)C1C. The summed E-state index contributed by atoms with van der Waals surface area (Å²) in [5.41, 5.74) is 1.58. The molecule has 0 spiro atoms. The van der Waals surface area contributed by atoms with E-state index in [1.54, 1.807) is 5.57 Å². The van der Waals surface area contributed by atoms with Crippen LogP contribution in [0.1, 0.15) is 27.7 Å². The lowest BCUT2D eigenvalue weighted by molar-refractivity contribution is 0.397. The topological polar surface area (TPSA) is 0 Å². The smallest absolute Gasteiger partial charge is 0.0203 e. The van der Waals surface area contributed by atoms with Crippen molar-refractivity contribution in [2.75, 3.05) is 0 Å². The Kier molecular flexibility index (Phi) is 1.65. The van der Waals surface area contributed by atoms with Crippen LogP contribution in [-0.4, -0.2) is 0 Å². The van der Waals surface area contributed by atoms with Crippen LogP contribution < -0.4 is 0 Å². The van der Waals surface area contributed by atoms with Gasteiger partial charge in [-0.1, -0.05) is 32.4 Å². The van der Waals surface area contributed by atoms with E-state index in [2.05, 4.69) is 33.8 Å². The summed E-state index contributed by atoms with van der Waals surface area (Å²) in [6, 6.07) is 0. The second-order valence-electron chi connectivity index (χ2n) is 3.42. The molecule has 0 aromatic heterocycles. The van der Waals surface area contributed by atoms with E-state index in [0.717, 1.165) is 17.8 Å². The number of hydrogen-bond donors (Lipinski definition) is 0. The Labute approximate surface area is 58.0 Å². The van der Waals surface area contributed by atoms with E-state index in [1.807, 2.05) is 0 Å². The zero-order valence-corrected chi connectivity index (χ0v) is 6.81. The average Bonchev–Trinajstić information content (AvgIpc) is 1.98. The summed E-state index contributed by atoms with van der Waals surface area (Å²) in [6.45, 7) is 9.20. The van der Waals surface area contributed by atoms with Crippen LogP contribution in [0.25, 0.3) is 0 Å². The molecule has 0 bridgehead atoms. The summed E-state index contributed by atoms with van der Waals surface area (Å²) in [5.74, 6) is 2.49. The maximum atomic E-state index is 2.40. The minimum absolute atomic E-state index is 0.806. The van der Waals surface area contributed by atoms with Gasteiger partial charge in [0.05, 0.1) is 0 Å². The molecule has 52 valence electrons. The summed E-state index contributed by atoms with van der Waals surface area (Å²) in [6.07, 6.45) is 2.40. The van der Waals surface area contributed by atoms with Crippen molar-refractivity contribution < 1.29 is 0 Å². The second-order valence-corrected chi connectivity index (χ2v) is 3.42. The molecule has 0 aromatic rings. The largest absolute Gasteiger partial charge is 0.0822 e. The molecule has 9 heavy (non-hydrogen) atoms. The van der Waals surface area contributed by atoms with E-state index >= 15 is 0 Å². The molecule has 0 heterocycles. The summed E-state index contributed by atoms with van der Waals surface area (Å²) in [5, 5.41) is 0. The lowest BCUT2D eigenvalue weighted by atomic mass is 9.91. The van der Waals surface area contributed by atoms with Crippen molar-refractivity contribution in [3.05, 3.63) is 11.6 Å². The first-order valence-electron chi connectivity index (χ1n) is 3.81. The summed E-state index contributed by atoms with van der Waals surface area (Å²) < 4.78 is 0. The van der Waals surface area contributed by atoms with E-state index in [-0.39, 0.29) is 0 Å². The minimum Gasteiger partial charge on any atom is -0.0822 e.